The Balaban J connectivity index is 1.64. The van der Waals surface area contributed by atoms with Gasteiger partial charge in [-0.15, -0.1) is 0 Å². The normalized spacial score (nSPS) is 20.0. The van der Waals surface area contributed by atoms with E-state index in [0.717, 1.165) is 29.2 Å². The van der Waals surface area contributed by atoms with Crippen molar-refractivity contribution < 1.29 is 9.53 Å². The van der Waals surface area contributed by atoms with Crippen molar-refractivity contribution in [1.29, 1.82) is 0 Å². The molecule has 2 aromatic carbocycles. The monoisotopic (exact) mass is 401 g/mol. The number of hydrazone groups is 1. The fraction of sp³-hybridized carbons (Fsp3) is 0.280. The molecule has 0 unspecified atom stereocenters. The van der Waals surface area contributed by atoms with E-state index in [1.807, 2.05) is 48.3 Å². The van der Waals surface area contributed by atoms with Gasteiger partial charge in [-0.25, -0.2) is 4.79 Å². The van der Waals surface area contributed by atoms with E-state index in [0.29, 0.717) is 5.56 Å². The summed E-state index contributed by atoms with van der Waals surface area (Å²) in [5, 5.41) is 6.74. The minimum absolute atomic E-state index is 0.228. The molecule has 2 aliphatic rings. The third kappa shape index (κ3) is 3.30. The van der Waals surface area contributed by atoms with Crippen molar-refractivity contribution in [3.63, 3.8) is 0 Å². The first-order chi connectivity index (χ1) is 14.3. The number of ether oxygens (including phenoxy) is 1. The molecule has 0 amide bonds. The fourth-order valence-electron chi connectivity index (χ4n) is 4.24. The topological polar surface area (TPSA) is 45.1 Å². The van der Waals surface area contributed by atoms with Crippen molar-refractivity contribution in [2.24, 2.45) is 5.10 Å². The van der Waals surface area contributed by atoms with Crippen LogP contribution in [0.5, 0.6) is 0 Å². The van der Waals surface area contributed by atoms with Crippen molar-refractivity contribution in [2.45, 2.75) is 26.2 Å². The fourth-order valence-corrected chi connectivity index (χ4v) is 4.24. The zero-order chi connectivity index (χ0) is 21.5. The van der Waals surface area contributed by atoms with E-state index < -0.39 is 0 Å². The van der Waals surface area contributed by atoms with Crippen molar-refractivity contribution in [3.8, 4) is 0 Å². The molecule has 0 atom stereocenters. The summed E-state index contributed by atoms with van der Waals surface area (Å²) in [7, 11) is 3.48. The summed E-state index contributed by atoms with van der Waals surface area (Å²) in [6.45, 7) is 7.18. The molecule has 2 heterocycles. The average molecular weight is 402 g/mol. The molecule has 0 fully saturated rings. The van der Waals surface area contributed by atoms with Crippen LogP contribution in [0.1, 0.15) is 36.7 Å². The highest BCUT2D eigenvalue weighted by Gasteiger charge is 2.38. The van der Waals surface area contributed by atoms with E-state index in [9.17, 15) is 4.79 Å². The number of fused-ring (bicyclic) bond motifs is 1. The van der Waals surface area contributed by atoms with E-state index in [4.69, 9.17) is 9.84 Å². The van der Waals surface area contributed by atoms with Gasteiger partial charge in [0.15, 0.2) is 0 Å². The first-order valence-electron chi connectivity index (χ1n) is 10.1. The Bertz CT molecular complexity index is 1080. The third-order valence-electron chi connectivity index (χ3n) is 6.01. The third-order valence-corrected chi connectivity index (χ3v) is 6.01. The largest absolute Gasteiger partial charge is 0.465 e. The number of para-hydroxylation sites is 1. The van der Waals surface area contributed by atoms with Gasteiger partial charge in [0.05, 0.1) is 30.6 Å². The lowest BCUT2D eigenvalue weighted by atomic mass is 9.83. The van der Waals surface area contributed by atoms with Gasteiger partial charge in [0.2, 0.25) is 0 Å². The van der Waals surface area contributed by atoms with Crippen LogP contribution in [0.3, 0.4) is 0 Å². The van der Waals surface area contributed by atoms with E-state index in [1.54, 1.807) is 0 Å². The smallest absolute Gasteiger partial charge is 0.337 e. The molecule has 0 N–H and O–H groups in total. The van der Waals surface area contributed by atoms with Crippen LogP contribution in [0, 0.1) is 0 Å². The Hall–Kier alpha value is -3.34. The highest BCUT2D eigenvalue weighted by Crippen LogP contribution is 2.47. The number of anilines is 2. The van der Waals surface area contributed by atoms with Crippen LogP contribution in [0.25, 0.3) is 0 Å². The van der Waals surface area contributed by atoms with Gasteiger partial charge in [-0.1, -0.05) is 38.1 Å². The lowest BCUT2D eigenvalue weighted by molar-refractivity contribution is 0.0600. The number of esters is 1. The number of benzene rings is 2. The molecule has 0 bridgehead atoms. The van der Waals surface area contributed by atoms with Crippen molar-refractivity contribution >= 4 is 23.1 Å². The van der Waals surface area contributed by atoms with Gasteiger partial charge in [-0.3, -0.25) is 5.01 Å². The van der Waals surface area contributed by atoms with Crippen molar-refractivity contribution in [1.82, 2.24) is 0 Å². The Labute approximate surface area is 178 Å². The molecular weight excluding hydrogens is 374 g/mol. The number of carbonyl (C=O) groups is 1. The number of nitrogens with zero attached hydrogens (tertiary/aromatic N) is 3. The number of rotatable bonds is 3. The molecule has 2 aliphatic heterocycles. The number of hydrogen-bond acceptors (Lipinski definition) is 5. The minimum Gasteiger partial charge on any atom is -0.465 e. The molecule has 5 nitrogen and oxygen atoms in total. The molecule has 0 aliphatic carbocycles. The maximum Gasteiger partial charge on any atom is 0.337 e. The predicted octanol–water partition coefficient (Wildman–Crippen LogP) is 4.91. The molecular formula is C25H27N3O2. The van der Waals surface area contributed by atoms with Gasteiger partial charge < -0.3 is 9.64 Å². The van der Waals surface area contributed by atoms with Crippen LogP contribution in [0.4, 0.5) is 11.4 Å². The molecule has 0 saturated heterocycles. The first kappa shape index (κ1) is 20.0. The Morgan fingerprint density at radius 2 is 1.87 bits per heavy atom. The SMILES string of the molecule is COC(=O)c1ccc2c(c1)C(C)(C)C(=CC=C1CN(c3ccccc3)N=C1C)N2C. The zero-order valence-corrected chi connectivity index (χ0v) is 18.1. The van der Waals surface area contributed by atoms with Crippen LogP contribution in [-0.2, 0) is 10.2 Å². The predicted molar refractivity (Wildman–Crippen MR) is 122 cm³/mol. The van der Waals surface area contributed by atoms with Gasteiger partial charge >= 0.3 is 5.97 Å². The van der Waals surface area contributed by atoms with Crippen LogP contribution in [0.2, 0.25) is 0 Å². The molecule has 2 aromatic rings. The maximum atomic E-state index is 12.0. The number of methoxy groups -OCH3 is 1. The van der Waals surface area contributed by atoms with Crippen LogP contribution < -0.4 is 9.91 Å². The van der Waals surface area contributed by atoms with Gasteiger partial charge in [0.25, 0.3) is 0 Å². The lowest BCUT2D eigenvalue weighted by Crippen LogP contribution is -2.22. The molecule has 4 rings (SSSR count). The molecule has 154 valence electrons. The molecule has 5 heteroatoms. The standard InChI is InChI=1S/C25H27N3O2/c1-17-19(16-28(26-17)20-9-7-6-8-10-20)12-14-23-25(2,3)21-15-18(24(29)30-5)11-13-22(21)27(23)4/h6-15H,16H2,1-5H3. The average Bonchev–Trinajstić information content (AvgIpc) is 3.21. The van der Waals surface area contributed by atoms with Crippen LogP contribution >= 0.6 is 0 Å². The van der Waals surface area contributed by atoms with Crippen molar-refractivity contribution in [2.75, 3.05) is 30.6 Å². The number of likely N-dealkylation sites (N-methyl/N-ethyl adjacent to an activating group) is 1. The Morgan fingerprint density at radius 3 is 2.57 bits per heavy atom. The second-order valence-corrected chi connectivity index (χ2v) is 8.23. The van der Waals surface area contributed by atoms with Crippen LogP contribution in [0.15, 0.2) is 77.1 Å². The van der Waals surface area contributed by atoms with E-state index in [-0.39, 0.29) is 11.4 Å². The van der Waals surface area contributed by atoms with E-state index in [2.05, 4.69) is 50.1 Å². The summed E-state index contributed by atoms with van der Waals surface area (Å²) in [5.74, 6) is -0.311. The van der Waals surface area contributed by atoms with Gasteiger partial charge in [-0.05, 0) is 54.5 Å². The van der Waals surface area contributed by atoms with E-state index in [1.165, 1.54) is 18.4 Å². The molecule has 0 radical (unpaired) electrons. The maximum absolute atomic E-state index is 12.0. The first-order valence-corrected chi connectivity index (χ1v) is 10.1. The quantitative estimate of drug-likeness (QED) is 0.686. The summed E-state index contributed by atoms with van der Waals surface area (Å²) < 4.78 is 4.90. The second-order valence-electron chi connectivity index (χ2n) is 8.23. The summed E-state index contributed by atoms with van der Waals surface area (Å²) in [6.07, 6.45) is 4.35. The van der Waals surface area contributed by atoms with Gasteiger partial charge in [0.1, 0.15) is 0 Å². The zero-order valence-electron chi connectivity index (χ0n) is 18.1. The minimum atomic E-state index is -0.311. The van der Waals surface area contributed by atoms with Gasteiger partial charge in [0, 0.05) is 23.8 Å². The second kappa shape index (κ2) is 7.48. The number of carbonyl (C=O) groups excluding carboxylic acids is 1. The summed E-state index contributed by atoms with van der Waals surface area (Å²) in [4.78, 5) is 14.2. The Kier molecular flexibility index (Phi) is 4.98. The summed E-state index contributed by atoms with van der Waals surface area (Å²) >= 11 is 0. The Morgan fingerprint density at radius 1 is 1.13 bits per heavy atom. The van der Waals surface area contributed by atoms with Crippen molar-refractivity contribution in [3.05, 3.63) is 83.1 Å². The molecule has 0 saturated carbocycles. The number of hydrogen-bond donors (Lipinski definition) is 0. The molecule has 0 spiro atoms. The highest BCUT2D eigenvalue weighted by atomic mass is 16.5. The van der Waals surface area contributed by atoms with Crippen LogP contribution in [-0.4, -0.2) is 32.4 Å². The summed E-state index contributed by atoms with van der Waals surface area (Å²) in [6, 6.07) is 16.0. The highest BCUT2D eigenvalue weighted by molar-refractivity contribution is 6.02. The molecule has 30 heavy (non-hydrogen) atoms. The van der Waals surface area contributed by atoms with E-state index >= 15 is 0 Å². The van der Waals surface area contributed by atoms with Gasteiger partial charge in [-0.2, -0.15) is 5.10 Å². The number of allylic oxidation sites excluding steroid dienone is 3. The molecule has 0 aromatic heterocycles. The lowest BCUT2D eigenvalue weighted by Gasteiger charge is -2.24. The summed E-state index contributed by atoms with van der Waals surface area (Å²) in [5.41, 5.74) is 7.08.